The van der Waals surface area contributed by atoms with Gasteiger partial charge in [0.15, 0.2) is 11.5 Å². The summed E-state index contributed by atoms with van der Waals surface area (Å²) >= 11 is 0. The first-order valence-corrected chi connectivity index (χ1v) is 6.15. The molecule has 0 aliphatic carbocycles. The number of carbonyl (C=O) groups excluding carboxylic acids is 1. The van der Waals surface area contributed by atoms with E-state index >= 15 is 0 Å². The molecule has 22 heavy (non-hydrogen) atoms. The predicted molar refractivity (Wildman–Crippen MR) is 69.5 cm³/mol. The van der Waals surface area contributed by atoms with Gasteiger partial charge in [0.1, 0.15) is 11.2 Å². The molecule has 0 atom stereocenters. The maximum absolute atomic E-state index is 13.0. The molecule has 1 amide bonds. The molecule has 1 aliphatic rings. The number of aromatic carboxylic acids is 1. The zero-order valence-corrected chi connectivity index (χ0v) is 11.9. The predicted octanol–water partition coefficient (Wildman–Crippen LogP) is 3.05. The molecule has 9 heteroatoms. The van der Waals surface area contributed by atoms with Crippen LogP contribution < -0.4 is 14.8 Å². The number of nitrogens with one attached hydrogen (secondary N) is 1. The second kappa shape index (κ2) is 5.00. The van der Waals surface area contributed by atoms with Gasteiger partial charge < -0.3 is 19.3 Å². The molecule has 0 saturated heterocycles. The first-order chi connectivity index (χ1) is 9.98. The lowest BCUT2D eigenvalue weighted by Gasteiger charge is -2.20. The number of carboxylic acids is 1. The van der Waals surface area contributed by atoms with Gasteiger partial charge in [-0.2, -0.15) is 0 Å². The third-order valence-corrected chi connectivity index (χ3v) is 2.42. The summed E-state index contributed by atoms with van der Waals surface area (Å²) in [6.07, 6.45) is -4.89. The van der Waals surface area contributed by atoms with E-state index in [-0.39, 0.29) is 5.69 Å². The maximum Gasteiger partial charge on any atom is 0.586 e. The highest BCUT2D eigenvalue weighted by molar-refractivity contribution is 6.02. The highest BCUT2D eigenvalue weighted by atomic mass is 19.3. The number of carbonyl (C=O) groups is 2. The Morgan fingerprint density at radius 3 is 2.45 bits per heavy atom. The number of benzene rings is 1. The fourth-order valence-corrected chi connectivity index (χ4v) is 1.74. The first-order valence-electron chi connectivity index (χ1n) is 6.15. The SMILES string of the molecule is CC(C)(C)OC(=O)Nc1ccc2c(c1C(=O)O)OC(F)(F)O2. The number of carboxylic acid groups (broad SMARTS) is 1. The van der Waals surface area contributed by atoms with Crippen molar-refractivity contribution in [3.63, 3.8) is 0 Å². The Labute approximate surface area is 123 Å². The summed E-state index contributed by atoms with van der Waals surface area (Å²) in [7, 11) is 0. The summed E-state index contributed by atoms with van der Waals surface area (Å²) in [6, 6.07) is 2.17. The second-order valence-electron chi connectivity index (χ2n) is 5.41. The van der Waals surface area contributed by atoms with E-state index in [4.69, 9.17) is 4.74 Å². The molecule has 1 heterocycles. The second-order valence-corrected chi connectivity index (χ2v) is 5.41. The van der Waals surface area contributed by atoms with Crippen molar-refractivity contribution in [2.24, 2.45) is 0 Å². The van der Waals surface area contributed by atoms with Crippen LogP contribution in [0.1, 0.15) is 31.1 Å². The molecular weight excluding hydrogens is 304 g/mol. The molecule has 0 saturated carbocycles. The minimum atomic E-state index is -3.96. The molecule has 0 radical (unpaired) electrons. The lowest BCUT2D eigenvalue weighted by Crippen LogP contribution is -2.28. The largest absolute Gasteiger partial charge is 0.586 e. The summed E-state index contributed by atoms with van der Waals surface area (Å²) in [5.74, 6) is -2.66. The van der Waals surface area contributed by atoms with Crippen LogP contribution in [0.2, 0.25) is 0 Å². The van der Waals surface area contributed by atoms with Gasteiger partial charge in [-0.05, 0) is 32.9 Å². The van der Waals surface area contributed by atoms with Crippen LogP contribution in [0.4, 0.5) is 19.3 Å². The van der Waals surface area contributed by atoms with Crippen LogP contribution in [0, 0.1) is 0 Å². The summed E-state index contributed by atoms with van der Waals surface area (Å²) < 4.78 is 39.4. The van der Waals surface area contributed by atoms with E-state index in [2.05, 4.69) is 14.8 Å². The van der Waals surface area contributed by atoms with Crippen molar-refractivity contribution in [1.82, 2.24) is 0 Å². The molecule has 2 N–H and O–H groups in total. The quantitative estimate of drug-likeness (QED) is 0.870. The minimum Gasteiger partial charge on any atom is -0.477 e. The minimum absolute atomic E-state index is 0.248. The summed E-state index contributed by atoms with van der Waals surface area (Å²) in [5, 5.41) is 11.4. The van der Waals surface area contributed by atoms with Crippen LogP contribution in [-0.4, -0.2) is 29.1 Å². The lowest BCUT2D eigenvalue weighted by atomic mass is 10.1. The van der Waals surface area contributed by atoms with Crippen molar-refractivity contribution in [1.29, 1.82) is 0 Å². The van der Waals surface area contributed by atoms with E-state index in [9.17, 15) is 23.5 Å². The average Bonchev–Trinajstić information content (AvgIpc) is 2.59. The normalized spacial score (nSPS) is 15.3. The summed E-state index contributed by atoms with van der Waals surface area (Å²) in [6.45, 7) is 4.85. The Morgan fingerprint density at radius 2 is 1.91 bits per heavy atom. The van der Waals surface area contributed by atoms with Crippen LogP contribution in [0.5, 0.6) is 11.5 Å². The molecule has 0 unspecified atom stereocenters. The zero-order valence-electron chi connectivity index (χ0n) is 11.9. The molecule has 1 aromatic rings. The molecule has 1 aliphatic heterocycles. The van der Waals surface area contributed by atoms with E-state index in [1.54, 1.807) is 20.8 Å². The summed E-state index contributed by atoms with van der Waals surface area (Å²) in [4.78, 5) is 23.0. The van der Waals surface area contributed by atoms with Gasteiger partial charge in [-0.1, -0.05) is 0 Å². The average molecular weight is 317 g/mol. The molecule has 7 nitrogen and oxygen atoms in total. The highest BCUT2D eigenvalue weighted by Gasteiger charge is 2.46. The number of hydrogen-bond acceptors (Lipinski definition) is 5. The number of anilines is 1. The fraction of sp³-hybridized carbons (Fsp3) is 0.385. The highest BCUT2D eigenvalue weighted by Crippen LogP contribution is 2.45. The van der Waals surface area contributed by atoms with E-state index in [0.29, 0.717) is 0 Å². The van der Waals surface area contributed by atoms with Gasteiger partial charge in [-0.25, -0.2) is 9.59 Å². The van der Waals surface area contributed by atoms with Gasteiger partial charge >= 0.3 is 18.4 Å². The Balaban J connectivity index is 2.35. The van der Waals surface area contributed by atoms with Crippen LogP contribution in [0.3, 0.4) is 0 Å². The Morgan fingerprint density at radius 1 is 1.27 bits per heavy atom. The van der Waals surface area contributed by atoms with E-state index < -0.39 is 41.0 Å². The topological polar surface area (TPSA) is 94.1 Å². The van der Waals surface area contributed by atoms with E-state index in [1.165, 1.54) is 0 Å². The van der Waals surface area contributed by atoms with Gasteiger partial charge in [0.25, 0.3) is 0 Å². The van der Waals surface area contributed by atoms with Gasteiger partial charge in [-0.3, -0.25) is 5.32 Å². The number of alkyl halides is 2. The lowest BCUT2D eigenvalue weighted by molar-refractivity contribution is -0.286. The number of fused-ring (bicyclic) bond motifs is 1. The molecule has 0 aromatic heterocycles. The standard InChI is InChI=1S/C13H13F2NO6/c1-12(2,3)22-11(19)16-6-4-5-7-9(8(6)10(17)18)21-13(14,15)20-7/h4-5H,1-3H3,(H,16,19)(H,17,18). The molecule has 1 aromatic carbocycles. The molecule has 120 valence electrons. The molecule has 0 spiro atoms. The zero-order chi connectivity index (χ0) is 16.7. The molecule has 0 fully saturated rings. The van der Waals surface area contributed by atoms with Crippen molar-refractivity contribution in [2.45, 2.75) is 32.7 Å². The van der Waals surface area contributed by atoms with Crippen molar-refractivity contribution >= 4 is 17.7 Å². The van der Waals surface area contributed by atoms with Crippen LogP contribution in [0.25, 0.3) is 0 Å². The molecule has 2 rings (SSSR count). The third kappa shape index (κ3) is 3.35. The van der Waals surface area contributed by atoms with Crippen LogP contribution >= 0.6 is 0 Å². The van der Waals surface area contributed by atoms with E-state index in [0.717, 1.165) is 12.1 Å². The van der Waals surface area contributed by atoms with Gasteiger partial charge in [0.2, 0.25) is 0 Å². The molecule has 0 bridgehead atoms. The fourth-order valence-electron chi connectivity index (χ4n) is 1.74. The van der Waals surface area contributed by atoms with Crippen molar-refractivity contribution in [3.05, 3.63) is 17.7 Å². The number of halogens is 2. The third-order valence-electron chi connectivity index (χ3n) is 2.42. The summed E-state index contributed by atoms with van der Waals surface area (Å²) in [5.41, 5.74) is -1.71. The Kier molecular flexibility index (Phi) is 3.59. The first kappa shape index (κ1) is 15.8. The molecular formula is C13H13F2NO6. The number of rotatable bonds is 2. The van der Waals surface area contributed by atoms with Crippen LogP contribution in [0.15, 0.2) is 12.1 Å². The van der Waals surface area contributed by atoms with Crippen molar-refractivity contribution in [2.75, 3.05) is 5.32 Å². The van der Waals surface area contributed by atoms with Crippen molar-refractivity contribution < 1.29 is 37.7 Å². The smallest absolute Gasteiger partial charge is 0.477 e. The maximum atomic E-state index is 13.0. The van der Waals surface area contributed by atoms with E-state index in [1.807, 2.05) is 0 Å². The Hall–Kier alpha value is -2.58. The van der Waals surface area contributed by atoms with Gasteiger partial charge in [0, 0.05) is 0 Å². The number of hydrogen-bond donors (Lipinski definition) is 2. The van der Waals surface area contributed by atoms with Crippen molar-refractivity contribution in [3.8, 4) is 11.5 Å². The van der Waals surface area contributed by atoms with Crippen LogP contribution in [-0.2, 0) is 4.74 Å². The number of ether oxygens (including phenoxy) is 3. The number of amides is 1. The van der Waals surface area contributed by atoms with Gasteiger partial charge in [-0.15, -0.1) is 8.78 Å². The van der Waals surface area contributed by atoms with Gasteiger partial charge in [0.05, 0.1) is 5.69 Å². The monoisotopic (exact) mass is 317 g/mol. The Bertz CT molecular complexity index is 638.